The van der Waals surface area contributed by atoms with Gasteiger partial charge in [-0.1, -0.05) is 35.9 Å². The lowest BCUT2D eigenvalue weighted by molar-refractivity contribution is 0.1000. The van der Waals surface area contributed by atoms with Gasteiger partial charge < -0.3 is 26.0 Å². The maximum atomic E-state index is 12.9. The van der Waals surface area contributed by atoms with Crippen LogP contribution in [0.25, 0.3) is 0 Å². The first-order valence-electron chi connectivity index (χ1n) is 10.1. The Hall–Kier alpha value is -3.14. The van der Waals surface area contributed by atoms with E-state index in [1.807, 2.05) is 23.1 Å². The SMILES string of the molecule is COc1ccccc1C(=O)Nc1sc2c(c1C(N)=O)CCN(C(=S)Nc1ccccc1Cl)C2. The van der Waals surface area contributed by atoms with Gasteiger partial charge >= 0.3 is 0 Å². The number of fused-ring (bicyclic) bond motifs is 1. The minimum Gasteiger partial charge on any atom is -0.496 e. The average molecular weight is 501 g/mol. The minimum absolute atomic E-state index is 0.350. The molecule has 170 valence electrons. The normalized spacial score (nSPS) is 12.6. The summed E-state index contributed by atoms with van der Waals surface area (Å²) in [7, 11) is 1.50. The Balaban J connectivity index is 1.56. The predicted molar refractivity (Wildman–Crippen MR) is 136 cm³/mol. The Labute approximate surface area is 205 Å². The highest BCUT2D eigenvalue weighted by Crippen LogP contribution is 2.37. The van der Waals surface area contributed by atoms with E-state index in [9.17, 15) is 9.59 Å². The molecule has 0 spiro atoms. The van der Waals surface area contributed by atoms with Gasteiger partial charge in [0.1, 0.15) is 10.8 Å². The van der Waals surface area contributed by atoms with E-state index in [-0.39, 0.29) is 5.91 Å². The summed E-state index contributed by atoms with van der Waals surface area (Å²) in [5.74, 6) is -0.506. The van der Waals surface area contributed by atoms with Crippen LogP contribution in [0.15, 0.2) is 48.5 Å². The standard InChI is InChI=1S/C23H21ClN4O3S2/c1-31-17-9-5-2-6-13(17)21(30)27-22-19(20(25)29)14-10-11-28(12-18(14)33-22)23(32)26-16-8-4-3-7-15(16)24/h2-9H,10-12H2,1H3,(H2,25,29)(H,26,32)(H,27,30). The lowest BCUT2D eigenvalue weighted by Crippen LogP contribution is -2.38. The van der Waals surface area contributed by atoms with Crippen molar-refractivity contribution in [3.8, 4) is 5.75 Å². The maximum absolute atomic E-state index is 12.9. The van der Waals surface area contributed by atoms with Crippen molar-refractivity contribution in [1.82, 2.24) is 4.90 Å². The number of anilines is 2. The summed E-state index contributed by atoms with van der Waals surface area (Å²) >= 11 is 13.1. The van der Waals surface area contributed by atoms with Crippen molar-refractivity contribution in [1.29, 1.82) is 0 Å². The molecule has 2 amide bonds. The van der Waals surface area contributed by atoms with E-state index >= 15 is 0 Å². The number of hydrogen-bond donors (Lipinski definition) is 3. The third-order valence-electron chi connectivity index (χ3n) is 5.28. The van der Waals surface area contributed by atoms with Gasteiger partial charge in [-0.15, -0.1) is 11.3 Å². The molecule has 0 aliphatic carbocycles. The second kappa shape index (κ2) is 9.78. The van der Waals surface area contributed by atoms with Crippen LogP contribution in [0, 0.1) is 0 Å². The van der Waals surface area contributed by atoms with E-state index in [2.05, 4.69) is 10.6 Å². The minimum atomic E-state index is -0.576. The van der Waals surface area contributed by atoms with Crippen LogP contribution >= 0.6 is 35.2 Å². The van der Waals surface area contributed by atoms with Crippen LogP contribution in [0.5, 0.6) is 5.75 Å². The number of halogens is 1. The highest BCUT2D eigenvalue weighted by atomic mass is 35.5. The first-order valence-corrected chi connectivity index (χ1v) is 11.7. The highest BCUT2D eigenvalue weighted by Gasteiger charge is 2.29. The summed E-state index contributed by atoms with van der Waals surface area (Å²) < 4.78 is 5.27. The molecule has 4 rings (SSSR count). The van der Waals surface area contributed by atoms with Crippen molar-refractivity contribution >= 4 is 62.8 Å². The first-order chi connectivity index (χ1) is 15.9. The fourth-order valence-electron chi connectivity index (χ4n) is 3.69. The number of ether oxygens (including phenoxy) is 1. The third kappa shape index (κ3) is 4.80. The number of amides is 2. The number of carbonyl (C=O) groups is 2. The van der Waals surface area contributed by atoms with Gasteiger partial charge in [0.05, 0.1) is 35.5 Å². The van der Waals surface area contributed by atoms with Gasteiger partial charge in [-0.2, -0.15) is 0 Å². The Morgan fingerprint density at radius 1 is 1.15 bits per heavy atom. The zero-order valence-corrected chi connectivity index (χ0v) is 20.1. The van der Waals surface area contributed by atoms with E-state index in [4.69, 9.17) is 34.3 Å². The number of nitrogens with one attached hydrogen (secondary N) is 2. The van der Waals surface area contributed by atoms with E-state index in [1.165, 1.54) is 18.4 Å². The van der Waals surface area contributed by atoms with E-state index < -0.39 is 5.91 Å². The lowest BCUT2D eigenvalue weighted by atomic mass is 10.0. The van der Waals surface area contributed by atoms with Crippen LogP contribution in [-0.4, -0.2) is 35.5 Å². The van der Waals surface area contributed by atoms with Crippen LogP contribution in [-0.2, 0) is 13.0 Å². The second-order valence-electron chi connectivity index (χ2n) is 7.31. The number of nitrogens with two attached hydrogens (primary N) is 1. The zero-order valence-electron chi connectivity index (χ0n) is 17.7. The predicted octanol–water partition coefficient (Wildman–Crippen LogP) is 4.52. The van der Waals surface area contributed by atoms with Crippen molar-refractivity contribution in [2.45, 2.75) is 13.0 Å². The molecule has 33 heavy (non-hydrogen) atoms. The molecule has 0 fully saturated rings. The number of rotatable bonds is 5. The molecule has 0 bridgehead atoms. The monoisotopic (exact) mass is 500 g/mol. The zero-order chi connectivity index (χ0) is 23.5. The fraction of sp³-hybridized carbons (Fsp3) is 0.174. The molecule has 0 atom stereocenters. The smallest absolute Gasteiger partial charge is 0.260 e. The number of nitrogens with zero attached hydrogens (tertiary/aromatic N) is 1. The fourth-order valence-corrected chi connectivity index (χ4v) is 5.40. The molecule has 1 aliphatic rings. The largest absolute Gasteiger partial charge is 0.496 e. The summed E-state index contributed by atoms with van der Waals surface area (Å²) in [6.07, 6.45) is 0.568. The topological polar surface area (TPSA) is 96.7 Å². The molecule has 1 aromatic heterocycles. The number of carbonyl (C=O) groups excluding carboxylic acids is 2. The molecule has 1 aliphatic heterocycles. The summed E-state index contributed by atoms with van der Waals surface area (Å²) in [6, 6.07) is 14.3. The molecular weight excluding hydrogens is 480 g/mol. The molecule has 10 heteroatoms. The number of thiocarbonyl (C=S) groups is 1. The molecule has 2 heterocycles. The van der Waals surface area contributed by atoms with Crippen LogP contribution in [0.2, 0.25) is 5.02 Å². The Bertz CT molecular complexity index is 1240. The molecule has 0 unspecified atom stereocenters. The molecule has 0 radical (unpaired) electrons. The first kappa shape index (κ1) is 23.0. The van der Waals surface area contributed by atoms with E-state index in [1.54, 1.807) is 30.3 Å². The molecule has 2 aromatic carbocycles. The van der Waals surface area contributed by atoms with Gasteiger partial charge in [0.15, 0.2) is 5.11 Å². The summed E-state index contributed by atoms with van der Waals surface area (Å²) in [5, 5.41) is 7.55. The Morgan fingerprint density at radius 3 is 2.61 bits per heavy atom. The van der Waals surface area contributed by atoms with Gasteiger partial charge in [0.25, 0.3) is 11.8 Å². The molecule has 0 saturated carbocycles. The number of para-hydroxylation sites is 2. The Morgan fingerprint density at radius 2 is 1.88 bits per heavy atom. The van der Waals surface area contributed by atoms with Crippen molar-refractivity contribution in [2.24, 2.45) is 5.73 Å². The van der Waals surface area contributed by atoms with E-state index in [0.717, 1.165) is 16.1 Å². The van der Waals surface area contributed by atoms with Crippen molar-refractivity contribution in [2.75, 3.05) is 24.3 Å². The third-order valence-corrected chi connectivity index (χ3v) is 7.11. The summed E-state index contributed by atoms with van der Waals surface area (Å²) in [6.45, 7) is 1.08. The van der Waals surface area contributed by atoms with Crippen LogP contribution in [0.1, 0.15) is 31.2 Å². The summed E-state index contributed by atoms with van der Waals surface area (Å²) in [5.41, 5.74) is 7.98. The van der Waals surface area contributed by atoms with Crippen molar-refractivity contribution < 1.29 is 14.3 Å². The van der Waals surface area contributed by atoms with Crippen LogP contribution < -0.4 is 21.1 Å². The van der Waals surface area contributed by atoms with Gasteiger partial charge in [-0.05, 0) is 48.5 Å². The Kier molecular flexibility index (Phi) is 6.83. The average Bonchev–Trinajstić information content (AvgIpc) is 3.17. The quantitative estimate of drug-likeness (QED) is 0.446. The van der Waals surface area contributed by atoms with Crippen molar-refractivity contribution in [3.63, 3.8) is 0 Å². The maximum Gasteiger partial charge on any atom is 0.260 e. The summed E-state index contributed by atoms with van der Waals surface area (Å²) in [4.78, 5) is 28.1. The molecule has 7 nitrogen and oxygen atoms in total. The molecule has 0 saturated heterocycles. The van der Waals surface area contributed by atoms with Gasteiger partial charge in [-0.25, -0.2) is 0 Å². The van der Waals surface area contributed by atoms with Gasteiger partial charge in [0.2, 0.25) is 0 Å². The van der Waals surface area contributed by atoms with Gasteiger partial charge in [0, 0.05) is 11.4 Å². The number of hydrogen-bond acceptors (Lipinski definition) is 5. The number of primary amides is 1. The second-order valence-corrected chi connectivity index (χ2v) is 9.21. The van der Waals surface area contributed by atoms with Crippen LogP contribution in [0.4, 0.5) is 10.7 Å². The molecular formula is C23H21ClN4O3S2. The lowest BCUT2D eigenvalue weighted by Gasteiger charge is -2.29. The van der Waals surface area contributed by atoms with E-state index in [0.29, 0.717) is 51.5 Å². The van der Waals surface area contributed by atoms with Crippen LogP contribution in [0.3, 0.4) is 0 Å². The number of thiophene rings is 1. The molecule has 3 aromatic rings. The highest BCUT2D eigenvalue weighted by molar-refractivity contribution is 7.80. The molecule has 4 N–H and O–H groups in total. The van der Waals surface area contributed by atoms with Crippen molar-refractivity contribution in [3.05, 3.63) is 75.1 Å². The number of benzene rings is 2. The van der Waals surface area contributed by atoms with Gasteiger partial charge in [-0.3, -0.25) is 9.59 Å². The number of methoxy groups -OCH3 is 1.